The Balaban J connectivity index is 1.45. The Hall–Kier alpha value is -3.34. The van der Waals surface area contributed by atoms with E-state index in [-0.39, 0.29) is 16.7 Å². The predicted molar refractivity (Wildman–Crippen MR) is 130 cm³/mol. The first kappa shape index (κ1) is 22.8. The van der Waals surface area contributed by atoms with Gasteiger partial charge in [-0.1, -0.05) is 56.8 Å². The highest BCUT2D eigenvalue weighted by molar-refractivity contribution is 7.99. The number of hydrogen-bond donors (Lipinski definition) is 1. The molecule has 0 aliphatic rings. The number of nitrogen functional groups attached to an aromatic ring is 1. The molecule has 1 aromatic carbocycles. The lowest BCUT2D eigenvalue weighted by Crippen LogP contribution is -2.39. The van der Waals surface area contributed by atoms with Crippen LogP contribution in [0, 0.1) is 0 Å². The fourth-order valence-electron chi connectivity index (χ4n) is 3.67. The van der Waals surface area contributed by atoms with Crippen LogP contribution in [-0.2, 0) is 26.1 Å². The van der Waals surface area contributed by atoms with Gasteiger partial charge in [-0.25, -0.2) is 14.5 Å². The minimum Gasteiger partial charge on any atom is -0.335 e. The number of fused-ring (bicyclic) bond motifs is 1. The van der Waals surface area contributed by atoms with E-state index >= 15 is 0 Å². The molecule has 0 radical (unpaired) electrons. The Kier molecular flexibility index (Phi) is 5.91. The molecule has 3 aromatic heterocycles. The molecule has 0 aliphatic heterocycles. The summed E-state index contributed by atoms with van der Waals surface area (Å²) >= 11 is 1.44. The number of imidazole rings is 1. The van der Waals surface area contributed by atoms with Crippen LogP contribution in [0.25, 0.3) is 22.6 Å². The summed E-state index contributed by atoms with van der Waals surface area (Å²) in [4.78, 5) is 29.5. The van der Waals surface area contributed by atoms with E-state index in [1.54, 1.807) is 18.7 Å². The lowest BCUT2D eigenvalue weighted by Gasteiger charge is -2.19. The van der Waals surface area contributed by atoms with Crippen molar-refractivity contribution in [3.63, 3.8) is 0 Å². The second-order valence-electron chi connectivity index (χ2n) is 9.03. The summed E-state index contributed by atoms with van der Waals surface area (Å²) in [6.07, 6.45) is 2.12. The zero-order chi connectivity index (χ0) is 23.9. The van der Waals surface area contributed by atoms with Gasteiger partial charge in [0.2, 0.25) is 5.16 Å². The van der Waals surface area contributed by atoms with E-state index in [0.29, 0.717) is 40.9 Å². The molecule has 0 atom stereocenters. The predicted octanol–water partition coefficient (Wildman–Crippen LogP) is 1.89. The standard InChI is InChI=1S/C22H28N8O2S/c1-22(2,3)15-9-7-14(8-10-15)17-25-26-20(30(17)23)33-12-6-11-29-19(31)16-18(24-13-27(16)4)28(5)21(29)32/h7-10,13H,6,11-12,23H2,1-5H3. The summed E-state index contributed by atoms with van der Waals surface area (Å²) in [6, 6.07) is 8.15. The summed E-state index contributed by atoms with van der Waals surface area (Å²) in [5.41, 5.74) is 2.28. The summed E-state index contributed by atoms with van der Waals surface area (Å²) in [6.45, 7) is 6.79. The number of hydrogen-bond acceptors (Lipinski definition) is 7. The second-order valence-corrected chi connectivity index (χ2v) is 10.1. The highest BCUT2D eigenvalue weighted by atomic mass is 32.2. The first-order chi connectivity index (χ1) is 15.6. The number of aryl methyl sites for hydroxylation is 2. The van der Waals surface area contributed by atoms with Gasteiger partial charge in [-0.15, -0.1) is 10.2 Å². The minimum absolute atomic E-state index is 0.0696. The van der Waals surface area contributed by atoms with Crippen molar-refractivity contribution in [2.45, 2.75) is 44.3 Å². The van der Waals surface area contributed by atoms with Crippen molar-refractivity contribution < 1.29 is 0 Å². The van der Waals surface area contributed by atoms with Crippen molar-refractivity contribution in [1.29, 1.82) is 0 Å². The number of nitrogens with two attached hydrogens (primary N) is 1. The van der Waals surface area contributed by atoms with E-state index in [1.807, 2.05) is 12.1 Å². The van der Waals surface area contributed by atoms with Crippen LogP contribution in [0.3, 0.4) is 0 Å². The van der Waals surface area contributed by atoms with E-state index in [2.05, 4.69) is 48.1 Å². The summed E-state index contributed by atoms with van der Waals surface area (Å²) in [5, 5.41) is 9.03. The molecule has 4 aromatic rings. The minimum atomic E-state index is -0.376. The number of benzene rings is 1. The van der Waals surface area contributed by atoms with Crippen molar-refractivity contribution >= 4 is 22.9 Å². The Morgan fingerprint density at radius 2 is 1.76 bits per heavy atom. The first-order valence-electron chi connectivity index (χ1n) is 10.6. The fraction of sp³-hybridized carbons (Fsp3) is 0.409. The van der Waals surface area contributed by atoms with Crippen LogP contribution in [0.5, 0.6) is 0 Å². The zero-order valence-electron chi connectivity index (χ0n) is 19.4. The van der Waals surface area contributed by atoms with Gasteiger partial charge in [-0.05, 0) is 17.4 Å². The third kappa shape index (κ3) is 4.20. The van der Waals surface area contributed by atoms with Gasteiger partial charge in [-0.2, -0.15) is 0 Å². The van der Waals surface area contributed by atoms with Gasteiger partial charge in [-0.3, -0.25) is 13.9 Å². The molecule has 0 fully saturated rings. The van der Waals surface area contributed by atoms with Crippen LogP contribution < -0.4 is 17.1 Å². The number of rotatable bonds is 6. The second kappa shape index (κ2) is 8.54. The Morgan fingerprint density at radius 3 is 2.42 bits per heavy atom. The number of aromatic nitrogens is 7. The van der Waals surface area contributed by atoms with Gasteiger partial charge >= 0.3 is 5.69 Å². The van der Waals surface area contributed by atoms with Crippen LogP contribution in [0.2, 0.25) is 0 Å². The molecule has 2 N–H and O–H groups in total. The SMILES string of the molecule is Cn1cnc2c1c(=O)n(CCCSc1nnc(-c3ccc(C(C)(C)C)cc3)n1N)c(=O)n2C. The zero-order valence-corrected chi connectivity index (χ0v) is 20.3. The van der Waals surface area contributed by atoms with E-state index in [9.17, 15) is 9.59 Å². The number of nitrogens with zero attached hydrogens (tertiary/aromatic N) is 7. The fourth-order valence-corrected chi connectivity index (χ4v) is 4.45. The molecule has 3 heterocycles. The molecule has 0 saturated carbocycles. The Labute approximate surface area is 195 Å². The molecule has 0 amide bonds. The lowest BCUT2D eigenvalue weighted by molar-refractivity contribution is 0.590. The molecular weight excluding hydrogens is 440 g/mol. The van der Waals surface area contributed by atoms with Crippen molar-refractivity contribution in [2.75, 3.05) is 11.6 Å². The van der Waals surface area contributed by atoms with E-state index in [4.69, 9.17) is 5.84 Å². The van der Waals surface area contributed by atoms with Crippen molar-refractivity contribution in [1.82, 2.24) is 33.6 Å². The van der Waals surface area contributed by atoms with Gasteiger partial charge in [0.15, 0.2) is 17.0 Å². The quantitative estimate of drug-likeness (QED) is 0.261. The maximum absolute atomic E-state index is 12.8. The van der Waals surface area contributed by atoms with Crippen LogP contribution >= 0.6 is 11.8 Å². The van der Waals surface area contributed by atoms with Crippen LogP contribution in [0.1, 0.15) is 32.8 Å². The molecule has 0 spiro atoms. The molecule has 4 rings (SSSR count). The largest absolute Gasteiger partial charge is 0.335 e. The third-order valence-corrected chi connectivity index (χ3v) is 6.66. The third-order valence-electron chi connectivity index (χ3n) is 5.63. The average Bonchev–Trinajstić information content (AvgIpc) is 3.34. The average molecular weight is 469 g/mol. The lowest BCUT2D eigenvalue weighted by atomic mass is 9.87. The van der Waals surface area contributed by atoms with Crippen LogP contribution in [0.15, 0.2) is 45.3 Å². The Bertz CT molecular complexity index is 1420. The molecule has 10 nitrogen and oxygen atoms in total. The molecule has 0 unspecified atom stereocenters. The molecular formula is C22H28N8O2S. The van der Waals surface area contributed by atoms with Crippen molar-refractivity contribution in [3.8, 4) is 11.4 Å². The number of thioether (sulfide) groups is 1. The van der Waals surface area contributed by atoms with Crippen LogP contribution in [-0.4, -0.2) is 39.3 Å². The van der Waals surface area contributed by atoms with Gasteiger partial charge in [0.1, 0.15) is 0 Å². The molecule has 0 aliphatic carbocycles. The van der Waals surface area contributed by atoms with E-state index in [1.165, 1.54) is 37.5 Å². The summed E-state index contributed by atoms with van der Waals surface area (Å²) in [7, 11) is 3.36. The smallest absolute Gasteiger partial charge is 0.332 e. The van der Waals surface area contributed by atoms with Crippen LogP contribution in [0.4, 0.5) is 0 Å². The molecule has 33 heavy (non-hydrogen) atoms. The monoisotopic (exact) mass is 468 g/mol. The first-order valence-corrected chi connectivity index (χ1v) is 11.6. The van der Waals surface area contributed by atoms with E-state index < -0.39 is 0 Å². The van der Waals surface area contributed by atoms with E-state index in [0.717, 1.165) is 5.56 Å². The van der Waals surface area contributed by atoms with Crippen molar-refractivity contribution in [3.05, 3.63) is 57.0 Å². The molecule has 0 saturated heterocycles. The van der Waals surface area contributed by atoms with Gasteiger partial charge < -0.3 is 10.4 Å². The maximum atomic E-state index is 12.8. The van der Waals surface area contributed by atoms with Gasteiger partial charge in [0.05, 0.1) is 6.33 Å². The van der Waals surface area contributed by atoms with Crippen molar-refractivity contribution in [2.24, 2.45) is 14.1 Å². The van der Waals surface area contributed by atoms with Gasteiger partial charge in [0.25, 0.3) is 5.56 Å². The highest BCUT2D eigenvalue weighted by Gasteiger charge is 2.17. The molecule has 0 bridgehead atoms. The summed E-state index contributed by atoms with van der Waals surface area (Å²) in [5.74, 6) is 7.45. The normalized spacial score (nSPS) is 12.0. The van der Waals surface area contributed by atoms with Gasteiger partial charge in [0, 0.05) is 32.0 Å². The molecule has 174 valence electrons. The summed E-state index contributed by atoms with van der Waals surface area (Å²) < 4.78 is 5.76. The maximum Gasteiger partial charge on any atom is 0.332 e. The molecule has 11 heteroatoms. The Morgan fingerprint density at radius 1 is 1.06 bits per heavy atom. The topological polar surface area (TPSA) is 119 Å². The highest BCUT2D eigenvalue weighted by Crippen LogP contribution is 2.26.